The second-order valence-corrected chi connectivity index (χ2v) is 6.19. The number of amides is 2. The molecule has 0 saturated carbocycles. The molecule has 1 aliphatic rings. The number of hydrogen-bond acceptors (Lipinski definition) is 2. The average Bonchev–Trinajstić information content (AvgIpc) is 2.95. The van der Waals surface area contributed by atoms with Crippen molar-refractivity contribution in [2.75, 3.05) is 17.2 Å². The summed E-state index contributed by atoms with van der Waals surface area (Å²) < 4.78 is 2.06. The fraction of sp³-hybridized carbons (Fsp3) is 0.211. The molecule has 3 aromatic rings. The quantitative estimate of drug-likeness (QED) is 0.677. The normalized spacial score (nSPS) is 13.5. The molecule has 0 radical (unpaired) electrons. The molecule has 24 heavy (non-hydrogen) atoms. The zero-order chi connectivity index (χ0) is 16.5. The van der Waals surface area contributed by atoms with Crippen LogP contribution in [0.1, 0.15) is 11.1 Å². The molecule has 3 N–H and O–H groups in total. The summed E-state index contributed by atoms with van der Waals surface area (Å²) in [6.07, 6.45) is 3.05. The molecule has 0 atom stereocenters. The number of anilines is 2. The van der Waals surface area contributed by atoms with E-state index in [1.807, 2.05) is 49.6 Å². The lowest BCUT2D eigenvalue weighted by molar-refractivity contribution is 0.262. The molecular formula is C19H20N4O. The van der Waals surface area contributed by atoms with Gasteiger partial charge < -0.3 is 20.5 Å². The van der Waals surface area contributed by atoms with Crippen molar-refractivity contribution in [3.8, 4) is 0 Å². The summed E-state index contributed by atoms with van der Waals surface area (Å²) in [6, 6.07) is 13.8. The van der Waals surface area contributed by atoms with Crippen LogP contribution in [0.2, 0.25) is 0 Å². The summed E-state index contributed by atoms with van der Waals surface area (Å²) in [4.78, 5) is 12.2. The number of aryl methyl sites for hydroxylation is 1. The van der Waals surface area contributed by atoms with Crippen LogP contribution in [0.25, 0.3) is 10.9 Å². The highest BCUT2D eigenvalue weighted by atomic mass is 16.2. The lowest BCUT2D eigenvalue weighted by atomic mass is 10.0. The van der Waals surface area contributed by atoms with E-state index < -0.39 is 0 Å². The van der Waals surface area contributed by atoms with E-state index in [9.17, 15) is 4.79 Å². The molecule has 2 heterocycles. The number of carbonyl (C=O) groups is 1. The minimum Gasteiger partial charge on any atom is -0.351 e. The third-order valence-corrected chi connectivity index (χ3v) is 4.49. The van der Waals surface area contributed by atoms with Crippen LogP contribution in [0.15, 0.2) is 48.7 Å². The van der Waals surface area contributed by atoms with Crippen LogP contribution in [0.4, 0.5) is 16.2 Å². The van der Waals surface area contributed by atoms with Crippen LogP contribution in [0, 0.1) is 0 Å². The molecule has 5 heteroatoms. The van der Waals surface area contributed by atoms with Crippen molar-refractivity contribution in [2.45, 2.75) is 13.0 Å². The van der Waals surface area contributed by atoms with Crippen molar-refractivity contribution >= 4 is 28.3 Å². The second kappa shape index (κ2) is 6.02. The Hall–Kier alpha value is -2.79. The number of nitrogens with zero attached hydrogens (tertiary/aromatic N) is 1. The number of benzene rings is 2. The first-order valence-electron chi connectivity index (χ1n) is 8.15. The molecule has 2 aromatic carbocycles. The fourth-order valence-electron chi connectivity index (χ4n) is 3.21. The summed E-state index contributed by atoms with van der Waals surface area (Å²) in [6.45, 7) is 1.87. The van der Waals surface area contributed by atoms with Crippen molar-refractivity contribution in [2.24, 2.45) is 7.05 Å². The molecule has 0 bridgehead atoms. The van der Waals surface area contributed by atoms with Crippen molar-refractivity contribution in [3.05, 3.63) is 59.8 Å². The predicted octanol–water partition coefficient (Wildman–Crippen LogP) is 3.47. The maximum atomic E-state index is 12.2. The minimum atomic E-state index is -0.228. The zero-order valence-corrected chi connectivity index (χ0v) is 13.6. The first-order valence-corrected chi connectivity index (χ1v) is 8.15. The van der Waals surface area contributed by atoms with E-state index >= 15 is 0 Å². The van der Waals surface area contributed by atoms with E-state index in [0.29, 0.717) is 0 Å². The Kier molecular flexibility index (Phi) is 3.70. The van der Waals surface area contributed by atoms with Gasteiger partial charge in [0.15, 0.2) is 0 Å². The number of urea groups is 1. The molecule has 5 nitrogen and oxygen atoms in total. The Morgan fingerprint density at radius 1 is 1.04 bits per heavy atom. The molecule has 0 saturated heterocycles. The fourth-order valence-corrected chi connectivity index (χ4v) is 3.21. The third kappa shape index (κ3) is 2.86. The molecule has 0 fully saturated rings. The van der Waals surface area contributed by atoms with Gasteiger partial charge in [0.05, 0.1) is 0 Å². The number of aromatic nitrogens is 1. The highest BCUT2D eigenvalue weighted by molar-refractivity contribution is 6.01. The van der Waals surface area contributed by atoms with Crippen molar-refractivity contribution in [1.82, 2.24) is 9.88 Å². The van der Waals surface area contributed by atoms with Gasteiger partial charge in [-0.05, 0) is 60.5 Å². The molecule has 0 unspecified atom stereocenters. The van der Waals surface area contributed by atoms with Gasteiger partial charge in [0.25, 0.3) is 0 Å². The monoisotopic (exact) mass is 320 g/mol. The number of nitrogens with one attached hydrogen (secondary N) is 3. The van der Waals surface area contributed by atoms with Crippen molar-refractivity contribution in [1.29, 1.82) is 0 Å². The Morgan fingerprint density at radius 3 is 2.71 bits per heavy atom. The lowest BCUT2D eigenvalue weighted by Crippen LogP contribution is -2.24. The van der Waals surface area contributed by atoms with Gasteiger partial charge in [0.1, 0.15) is 0 Å². The van der Waals surface area contributed by atoms with Gasteiger partial charge in [-0.15, -0.1) is 0 Å². The first kappa shape index (κ1) is 14.8. The van der Waals surface area contributed by atoms with Crippen LogP contribution >= 0.6 is 0 Å². The SMILES string of the molecule is Cn1ccc2cc(NC(=O)Nc3ccc4c(c3)CNCC4)ccc21. The summed E-state index contributed by atoms with van der Waals surface area (Å²) in [5.74, 6) is 0. The number of hydrogen-bond donors (Lipinski definition) is 3. The predicted molar refractivity (Wildman–Crippen MR) is 97.4 cm³/mol. The second-order valence-electron chi connectivity index (χ2n) is 6.19. The van der Waals surface area contributed by atoms with Crippen LogP contribution in [-0.4, -0.2) is 17.1 Å². The summed E-state index contributed by atoms with van der Waals surface area (Å²) in [7, 11) is 2.01. The summed E-state index contributed by atoms with van der Waals surface area (Å²) in [5.41, 5.74) is 5.35. The Balaban J connectivity index is 1.47. The number of carbonyl (C=O) groups excluding carboxylic acids is 1. The van der Waals surface area contributed by atoms with Gasteiger partial charge >= 0.3 is 6.03 Å². The van der Waals surface area contributed by atoms with Crippen LogP contribution < -0.4 is 16.0 Å². The van der Waals surface area contributed by atoms with E-state index in [-0.39, 0.29) is 6.03 Å². The molecule has 122 valence electrons. The minimum absolute atomic E-state index is 0.228. The smallest absolute Gasteiger partial charge is 0.323 e. The lowest BCUT2D eigenvalue weighted by Gasteiger charge is -2.18. The Bertz CT molecular complexity index is 913. The standard InChI is InChI=1S/C19H20N4O/c1-23-9-7-14-10-17(4-5-18(14)23)22-19(24)21-16-3-2-13-6-8-20-12-15(13)11-16/h2-5,7,9-11,20H,6,8,12H2,1H3,(H2,21,22,24). The van der Waals surface area contributed by atoms with Crippen LogP contribution in [-0.2, 0) is 20.0 Å². The maximum absolute atomic E-state index is 12.2. The molecule has 1 aromatic heterocycles. The van der Waals surface area contributed by atoms with E-state index in [1.165, 1.54) is 11.1 Å². The van der Waals surface area contributed by atoms with Crippen LogP contribution in [0.5, 0.6) is 0 Å². The zero-order valence-electron chi connectivity index (χ0n) is 13.6. The molecule has 2 amide bonds. The molecule has 1 aliphatic heterocycles. The summed E-state index contributed by atoms with van der Waals surface area (Å²) >= 11 is 0. The third-order valence-electron chi connectivity index (χ3n) is 4.49. The van der Waals surface area contributed by atoms with Crippen molar-refractivity contribution in [3.63, 3.8) is 0 Å². The van der Waals surface area contributed by atoms with Crippen molar-refractivity contribution < 1.29 is 4.79 Å². The van der Waals surface area contributed by atoms with Gasteiger partial charge in [-0.1, -0.05) is 6.07 Å². The molecule has 0 spiro atoms. The van der Waals surface area contributed by atoms with Gasteiger partial charge in [-0.25, -0.2) is 4.79 Å². The van der Waals surface area contributed by atoms with Gasteiger partial charge in [-0.2, -0.15) is 0 Å². The van der Waals surface area contributed by atoms with Gasteiger partial charge in [0, 0.05) is 42.1 Å². The van der Waals surface area contributed by atoms with E-state index in [2.05, 4.69) is 26.6 Å². The van der Waals surface area contributed by atoms with E-state index in [0.717, 1.165) is 41.8 Å². The topological polar surface area (TPSA) is 58.1 Å². The van der Waals surface area contributed by atoms with Gasteiger partial charge in [0.2, 0.25) is 0 Å². The Morgan fingerprint density at radius 2 is 1.83 bits per heavy atom. The van der Waals surface area contributed by atoms with Gasteiger partial charge in [-0.3, -0.25) is 0 Å². The summed E-state index contributed by atoms with van der Waals surface area (Å²) in [5, 5.41) is 10.3. The van der Waals surface area contributed by atoms with E-state index in [4.69, 9.17) is 0 Å². The molecule has 0 aliphatic carbocycles. The first-order chi connectivity index (χ1) is 11.7. The van der Waals surface area contributed by atoms with Crippen LogP contribution in [0.3, 0.4) is 0 Å². The number of rotatable bonds is 2. The molecule has 4 rings (SSSR count). The molecular weight excluding hydrogens is 300 g/mol. The highest BCUT2D eigenvalue weighted by Gasteiger charge is 2.10. The average molecular weight is 320 g/mol. The highest BCUT2D eigenvalue weighted by Crippen LogP contribution is 2.21. The number of fused-ring (bicyclic) bond motifs is 2. The largest absolute Gasteiger partial charge is 0.351 e. The maximum Gasteiger partial charge on any atom is 0.323 e. The Labute approximate surface area is 140 Å². The van der Waals surface area contributed by atoms with E-state index in [1.54, 1.807) is 0 Å².